The van der Waals surface area contributed by atoms with Crippen molar-refractivity contribution in [2.24, 2.45) is 0 Å². The van der Waals surface area contributed by atoms with Crippen LogP contribution in [0.1, 0.15) is 23.8 Å². The third-order valence-electron chi connectivity index (χ3n) is 2.25. The van der Waals surface area contributed by atoms with E-state index in [0.29, 0.717) is 5.69 Å². The van der Waals surface area contributed by atoms with Crippen LogP contribution in [0.15, 0.2) is 16.7 Å². The molecule has 0 aromatic carbocycles. The van der Waals surface area contributed by atoms with Gasteiger partial charge in [-0.2, -0.15) is 0 Å². The smallest absolute Gasteiger partial charge is 0.268 e. The van der Waals surface area contributed by atoms with E-state index in [4.69, 9.17) is 0 Å². The molecule has 0 spiro atoms. The van der Waals surface area contributed by atoms with E-state index in [2.05, 4.69) is 26.6 Å². The number of carbonyl (C=O) groups excluding carboxylic acids is 2. The number of likely N-dealkylation sites (N-methyl/N-ethyl adjacent to an activating group) is 1. The lowest BCUT2D eigenvalue weighted by Gasteiger charge is -2.07. The fourth-order valence-electron chi connectivity index (χ4n) is 1.43. The second-order valence-corrected chi connectivity index (χ2v) is 4.51. The summed E-state index contributed by atoms with van der Waals surface area (Å²) < 4.78 is 2.72. The minimum atomic E-state index is -0.243. The van der Waals surface area contributed by atoms with Gasteiger partial charge < -0.3 is 15.2 Å². The zero-order valence-electron chi connectivity index (χ0n) is 9.92. The van der Waals surface area contributed by atoms with Crippen LogP contribution >= 0.6 is 15.9 Å². The van der Waals surface area contributed by atoms with Crippen molar-refractivity contribution in [3.05, 3.63) is 22.4 Å². The van der Waals surface area contributed by atoms with Crippen LogP contribution in [0.2, 0.25) is 0 Å². The summed E-state index contributed by atoms with van der Waals surface area (Å²) in [5.74, 6) is -0.459. The summed E-state index contributed by atoms with van der Waals surface area (Å²) in [4.78, 5) is 22.9. The molecule has 0 saturated carbocycles. The molecule has 94 valence electrons. The summed E-state index contributed by atoms with van der Waals surface area (Å²) in [7, 11) is 1.53. The highest BCUT2D eigenvalue weighted by Gasteiger charge is 2.13. The average Bonchev–Trinajstić information content (AvgIpc) is 2.67. The number of nitrogens with one attached hydrogen (secondary N) is 2. The van der Waals surface area contributed by atoms with Crippen LogP contribution in [0, 0.1) is 0 Å². The Morgan fingerprint density at radius 3 is 2.76 bits per heavy atom. The first-order valence-electron chi connectivity index (χ1n) is 5.43. The molecule has 1 aromatic rings. The normalized spacial score (nSPS) is 10.1. The summed E-state index contributed by atoms with van der Waals surface area (Å²) in [6.07, 6.45) is 2.80. The fourth-order valence-corrected chi connectivity index (χ4v) is 1.89. The van der Waals surface area contributed by atoms with Gasteiger partial charge in [0.1, 0.15) is 5.69 Å². The lowest BCUT2D eigenvalue weighted by molar-refractivity contribution is -0.119. The van der Waals surface area contributed by atoms with Crippen molar-refractivity contribution in [3.8, 4) is 0 Å². The molecule has 0 aliphatic carbocycles. The Morgan fingerprint density at radius 1 is 1.47 bits per heavy atom. The minimum Gasteiger partial charge on any atom is -0.358 e. The number of carbonyl (C=O) groups is 2. The van der Waals surface area contributed by atoms with E-state index in [-0.39, 0.29) is 18.4 Å². The molecule has 0 aliphatic rings. The maximum absolute atomic E-state index is 11.8. The van der Waals surface area contributed by atoms with Crippen molar-refractivity contribution < 1.29 is 9.59 Å². The van der Waals surface area contributed by atoms with Crippen LogP contribution in [0.3, 0.4) is 0 Å². The molecule has 1 aromatic heterocycles. The molecule has 0 saturated heterocycles. The third kappa shape index (κ3) is 3.89. The molecular weight excluding hydrogens is 286 g/mol. The van der Waals surface area contributed by atoms with E-state index in [0.717, 1.165) is 17.4 Å². The van der Waals surface area contributed by atoms with Crippen LogP contribution in [-0.4, -0.2) is 30.0 Å². The monoisotopic (exact) mass is 301 g/mol. The van der Waals surface area contributed by atoms with Gasteiger partial charge >= 0.3 is 0 Å². The molecule has 0 unspecified atom stereocenters. The Morgan fingerprint density at radius 2 is 2.18 bits per heavy atom. The van der Waals surface area contributed by atoms with Crippen LogP contribution in [0.5, 0.6) is 0 Å². The second-order valence-electron chi connectivity index (χ2n) is 3.59. The number of rotatable bonds is 5. The number of amides is 2. The Kier molecular flexibility index (Phi) is 5.21. The summed E-state index contributed by atoms with van der Waals surface area (Å²) in [5, 5.41) is 5.02. The first-order valence-corrected chi connectivity index (χ1v) is 6.22. The predicted molar refractivity (Wildman–Crippen MR) is 68.8 cm³/mol. The molecule has 1 rings (SSSR count). The van der Waals surface area contributed by atoms with E-state index in [1.807, 2.05) is 17.7 Å². The topological polar surface area (TPSA) is 63.1 Å². The molecule has 17 heavy (non-hydrogen) atoms. The van der Waals surface area contributed by atoms with Gasteiger partial charge in [-0.25, -0.2) is 0 Å². The largest absolute Gasteiger partial charge is 0.358 e. The minimum absolute atomic E-state index is 0.00967. The van der Waals surface area contributed by atoms with Crippen molar-refractivity contribution >= 4 is 27.7 Å². The van der Waals surface area contributed by atoms with Gasteiger partial charge in [0.25, 0.3) is 5.91 Å². The molecule has 0 aliphatic heterocycles. The van der Waals surface area contributed by atoms with Crippen molar-refractivity contribution in [1.82, 2.24) is 15.2 Å². The Hall–Kier alpha value is -1.30. The van der Waals surface area contributed by atoms with E-state index in [9.17, 15) is 9.59 Å². The van der Waals surface area contributed by atoms with E-state index >= 15 is 0 Å². The third-order valence-corrected chi connectivity index (χ3v) is 2.68. The molecule has 0 atom stereocenters. The first-order chi connectivity index (χ1) is 8.08. The van der Waals surface area contributed by atoms with Gasteiger partial charge in [0, 0.05) is 24.3 Å². The van der Waals surface area contributed by atoms with E-state index < -0.39 is 0 Å². The number of halogens is 1. The van der Waals surface area contributed by atoms with Gasteiger partial charge in [-0.15, -0.1) is 0 Å². The maximum Gasteiger partial charge on any atom is 0.268 e. The van der Waals surface area contributed by atoms with Gasteiger partial charge in [0.15, 0.2) is 0 Å². The van der Waals surface area contributed by atoms with Crippen LogP contribution in [-0.2, 0) is 11.3 Å². The van der Waals surface area contributed by atoms with Crippen LogP contribution in [0.4, 0.5) is 0 Å². The fraction of sp³-hybridized carbons (Fsp3) is 0.455. The predicted octanol–water partition coefficient (Wildman–Crippen LogP) is 1.14. The molecule has 0 bridgehead atoms. The Bertz CT molecular complexity index is 415. The number of aromatic nitrogens is 1. The molecule has 0 fully saturated rings. The lowest BCUT2D eigenvalue weighted by atomic mass is 10.3. The number of hydrogen-bond acceptors (Lipinski definition) is 2. The molecule has 0 radical (unpaired) electrons. The molecule has 2 amide bonds. The maximum atomic E-state index is 11.8. The second kappa shape index (κ2) is 6.44. The van der Waals surface area contributed by atoms with Gasteiger partial charge in [-0.3, -0.25) is 9.59 Å². The molecule has 5 nitrogen and oxygen atoms in total. The average molecular weight is 302 g/mol. The van der Waals surface area contributed by atoms with Gasteiger partial charge in [0.05, 0.1) is 6.54 Å². The summed E-state index contributed by atoms with van der Waals surface area (Å²) >= 11 is 3.33. The standard InChI is InChI=1S/C11H16BrN3O2/c1-3-4-15-7-8(12)5-9(15)11(17)14-6-10(16)13-2/h5,7H,3-4,6H2,1-2H3,(H,13,16)(H,14,17). The molecule has 6 heteroatoms. The van der Waals surface area contributed by atoms with Gasteiger partial charge in [-0.05, 0) is 28.4 Å². The molecule has 2 N–H and O–H groups in total. The number of hydrogen-bond donors (Lipinski definition) is 2. The highest BCUT2D eigenvalue weighted by molar-refractivity contribution is 9.10. The zero-order chi connectivity index (χ0) is 12.8. The number of aryl methyl sites for hydroxylation is 1. The Balaban J connectivity index is 2.70. The van der Waals surface area contributed by atoms with Crippen molar-refractivity contribution in [2.75, 3.05) is 13.6 Å². The SMILES string of the molecule is CCCn1cc(Br)cc1C(=O)NCC(=O)NC. The van der Waals surface area contributed by atoms with Crippen LogP contribution in [0.25, 0.3) is 0 Å². The van der Waals surface area contributed by atoms with Crippen LogP contribution < -0.4 is 10.6 Å². The van der Waals surface area contributed by atoms with E-state index in [1.54, 1.807) is 6.07 Å². The molecule has 1 heterocycles. The van der Waals surface area contributed by atoms with Gasteiger partial charge in [-0.1, -0.05) is 6.92 Å². The van der Waals surface area contributed by atoms with E-state index in [1.165, 1.54) is 7.05 Å². The van der Waals surface area contributed by atoms with Gasteiger partial charge in [0.2, 0.25) is 5.91 Å². The zero-order valence-corrected chi connectivity index (χ0v) is 11.5. The molecular formula is C11H16BrN3O2. The highest BCUT2D eigenvalue weighted by Crippen LogP contribution is 2.15. The quantitative estimate of drug-likeness (QED) is 0.856. The summed E-state index contributed by atoms with van der Waals surface area (Å²) in [6.45, 7) is 2.80. The lowest BCUT2D eigenvalue weighted by Crippen LogP contribution is -2.35. The number of nitrogens with zero attached hydrogens (tertiary/aromatic N) is 1. The summed E-state index contributed by atoms with van der Waals surface area (Å²) in [5.41, 5.74) is 0.558. The Labute approximate surface area is 109 Å². The highest BCUT2D eigenvalue weighted by atomic mass is 79.9. The van der Waals surface area contributed by atoms with Crippen molar-refractivity contribution in [3.63, 3.8) is 0 Å². The first kappa shape index (κ1) is 13.8. The summed E-state index contributed by atoms with van der Waals surface area (Å²) in [6, 6.07) is 1.74. The van der Waals surface area contributed by atoms with Crippen molar-refractivity contribution in [2.45, 2.75) is 19.9 Å². The van der Waals surface area contributed by atoms with Crippen molar-refractivity contribution in [1.29, 1.82) is 0 Å².